The van der Waals surface area contributed by atoms with Crippen molar-refractivity contribution >= 4 is 32.2 Å². The first kappa shape index (κ1) is 18.2. The van der Waals surface area contributed by atoms with Crippen molar-refractivity contribution in [3.05, 3.63) is 66.7 Å². The molecule has 0 fully saturated rings. The largest absolute Gasteiger partial charge is 0.395 e. The average molecular weight is 370 g/mol. The van der Waals surface area contributed by atoms with Crippen molar-refractivity contribution in [3.63, 3.8) is 0 Å². The number of hydrogen-bond donors (Lipinski definition) is 2. The Morgan fingerprint density at radius 3 is 2.31 bits per heavy atom. The first-order chi connectivity index (χ1) is 12.5. The van der Waals surface area contributed by atoms with Crippen molar-refractivity contribution in [2.45, 2.75) is 11.8 Å². The second-order valence-electron chi connectivity index (χ2n) is 5.96. The van der Waals surface area contributed by atoms with Gasteiger partial charge in [-0.25, -0.2) is 8.42 Å². The lowest BCUT2D eigenvalue weighted by atomic mass is 10.1. The first-order valence-corrected chi connectivity index (χ1v) is 9.99. The molecule has 136 valence electrons. The number of aliphatic hydroxyl groups excluding tert-OH is 1. The highest BCUT2D eigenvalue weighted by Gasteiger charge is 2.15. The van der Waals surface area contributed by atoms with Gasteiger partial charge in [-0.05, 0) is 54.1 Å². The standard InChI is InChI=1S/C20H22N2O3S/c1-2-22(13-14-23)19-10-8-18(9-11-19)21-26(24,25)20-12-7-16-5-3-4-6-17(16)15-20/h3-12,15,21,23H,2,13-14H2,1H3. The normalized spacial score (nSPS) is 11.5. The molecule has 0 bridgehead atoms. The van der Waals surface area contributed by atoms with Crippen LogP contribution in [0.2, 0.25) is 0 Å². The van der Waals surface area contributed by atoms with Crippen LogP contribution in [-0.4, -0.2) is 33.2 Å². The summed E-state index contributed by atoms with van der Waals surface area (Å²) in [5, 5.41) is 11.0. The molecule has 0 atom stereocenters. The highest BCUT2D eigenvalue weighted by Crippen LogP contribution is 2.23. The monoisotopic (exact) mass is 370 g/mol. The number of nitrogens with zero attached hydrogens (tertiary/aromatic N) is 1. The Labute approximate surface area is 153 Å². The first-order valence-electron chi connectivity index (χ1n) is 8.51. The highest BCUT2D eigenvalue weighted by atomic mass is 32.2. The van der Waals surface area contributed by atoms with E-state index >= 15 is 0 Å². The molecule has 3 aromatic carbocycles. The van der Waals surface area contributed by atoms with Gasteiger partial charge < -0.3 is 10.0 Å². The third-order valence-electron chi connectivity index (χ3n) is 4.27. The van der Waals surface area contributed by atoms with Gasteiger partial charge in [-0.15, -0.1) is 0 Å². The van der Waals surface area contributed by atoms with Gasteiger partial charge in [0.05, 0.1) is 11.5 Å². The molecule has 0 amide bonds. The quantitative estimate of drug-likeness (QED) is 0.668. The summed E-state index contributed by atoms with van der Waals surface area (Å²) in [6, 6.07) is 19.9. The van der Waals surface area contributed by atoms with E-state index in [1.54, 1.807) is 30.3 Å². The van der Waals surface area contributed by atoms with Crippen molar-refractivity contribution in [1.82, 2.24) is 0 Å². The third kappa shape index (κ3) is 3.98. The Morgan fingerprint density at radius 2 is 1.65 bits per heavy atom. The lowest BCUT2D eigenvalue weighted by Crippen LogP contribution is -2.26. The van der Waals surface area contributed by atoms with E-state index in [-0.39, 0.29) is 11.5 Å². The Hall–Kier alpha value is -2.57. The number of aliphatic hydroxyl groups is 1. The maximum Gasteiger partial charge on any atom is 0.261 e. The molecule has 0 heterocycles. The van der Waals surface area contributed by atoms with Gasteiger partial charge in [-0.3, -0.25) is 4.72 Å². The highest BCUT2D eigenvalue weighted by molar-refractivity contribution is 7.92. The maximum absolute atomic E-state index is 12.7. The summed E-state index contributed by atoms with van der Waals surface area (Å²) >= 11 is 0. The molecule has 2 N–H and O–H groups in total. The van der Waals surface area contributed by atoms with Crippen LogP contribution in [0.4, 0.5) is 11.4 Å². The van der Waals surface area contributed by atoms with Crippen molar-refractivity contribution in [2.24, 2.45) is 0 Å². The van der Waals surface area contributed by atoms with Gasteiger partial charge in [0.15, 0.2) is 0 Å². The van der Waals surface area contributed by atoms with E-state index < -0.39 is 10.0 Å². The number of anilines is 2. The summed E-state index contributed by atoms with van der Waals surface area (Å²) in [6.07, 6.45) is 0. The molecule has 0 radical (unpaired) electrons. The Morgan fingerprint density at radius 1 is 0.962 bits per heavy atom. The molecule has 3 rings (SSSR count). The second kappa shape index (κ2) is 7.76. The molecule has 0 saturated carbocycles. The molecule has 0 saturated heterocycles. The van der Waals surface area contributed by atoms with Crippen LogP contribution < -0.4 is 9.62 Å². The van der Waals surface area contributed by atoms with E-state index in [4.69, 9.17) is 5.11 Å². The zero-order valence-corrected chi connectivity index (χ0v) is 15.4. The van der Waals surface area contributed by atoms with Crippen molar-refractivity contribution in [3.8, 4) is 0 Å². The molecular weight excluding hydrogens is 348 g/mol. The van der Waals surface area contributed by atoms with Crippen molar-refractivity contribution in [1.29, 1.82) is 0 Å². The van der Waals surface area contributed by atoms with E-state index in [1.807, 2.05) is 48.2 Å². The Balaban J connectivity index is 1.82. The van der Waals surface area contributed by atoms with Crippen LogP contribution in [0.25, 0.3) is 10.8 Å². The zero-order valence-electron chi connectivity index (χ0n) is 14.6. The molecule has 0 spiro atoms. The Bertz CT molecular complexity index is 985. The molecule has 0 aliphatic rings. The number of sulfonamides is 1. The van der Waals surface area contributed by atoms with E-state index in [1.165, 1.54) is 0 Å². The summed E-state index contributed by atoms with van der Waals surface area (Å²) in [5.74, 6) is 0. The van der Waals surface area contributed by atoms with E-state index in [2.05, 4.69) is 4.72 Å². The van der Waals surface area contributed by atoms with Gasteiger partial charge in [0, 0.05) is 24.5 Å². The van der Waals surface area contributed by atoms with Gasteiger partial charge in [-0.2, -0.15) is 0 Å². The number of nitrogens with one attached hydrogen (secondary N) is 1. The second-order valence-corrected chi connectivity index (χ2v) is 7.65. The molecule has 0 aliphatic carbocycles. The van der Waals surface area contributed by atoms with Crippen LogP contribution in [-0.2, 0) is 10.0 Å². The fourth-order valence-electron chi connectivity index (χ4n) is 2.88. The number of rotatable bonds is 7. The van der Waals surface area contributed by atoms with Gasteiger partial charge in [-0.1, -0.05) is 30.3 Å². The van der Waals surface area contributed by atoms with Gasteiger partial charge in [0.2, 0.25) is 0 Å². The van der Waals surface area contributed by atoms with Crippen LogP contribution in [0.3, 0.4) is 0 Å². The molecule has 26 heavy (non-hydrogen) atoms. The van der Waals surface area contributed by atoms with Gasteiger partial charge >= 0.3 is 0 Å². The molecule has 0 aromatic heterocycles. The maximum atomic E-state index is 12.7. The summed E-state index contributed by atoms with van der Waals surface area (Å²) in [4.78, 5) is 2.25. The van der Waals surface area contributed by atoms with Crippen LogP contribution in [0.1, 0.15) is 6.92 Å². The third-order valence-corrected chi connectivity index (χ3v) is 5.65. The summed E-state index contributed by atoms with van der Waals surface area (Å²) in [7, 11) is -3.66. The van der Waals surface area contributed by atoms with Crippen LogP contribution in [0.15, 0.2) is 71.6 Å². The number of benzene rings is 3. The van der Waals surface area contributed by atoms with Gasteiger partial charge in [0.25, 0.3) is 10.0 Å². The Kier molecular flexibility index (Phi) is 5.44. The minimum Gasteiger partial charge on any atom is -0.395 e. The number of likely N-dealkylation sites (N-methyl/N-ethyl adjacent to an activating group) is 1. The minimum absolute atomic E-state index is 0.0736. The summed E-state index contributed by atoms with van der Waals surface area (Å²) in [5.41, 5.74) is 1.44. The van der Waals surface area contributed by atoms with Crippen molar-refractivity contribution < 1.29 is 13.5 Å². The predicted molar refractivity (Wildman–Crippen MR) is 106 cm³/mol. The van der Waals surface area contributed by atoms with E-state index in [0.717, 1.165) is 23.0 Å². The molecule has 5 nitrogen and oxygen atoms in total. The smallest absolute Gasteiger partial charge is 0.261 e. The molecule has 0 unspecified atom stereocenters. The summed E-state index contributed by atoms with van der Waals surface area (Å²) in [6.45, 7) is 3.39. The molecule has 0 aliphatic heterocycles. The van der Waals surface area contributed by atoms with Crippen LogP contribution in [0, 0.1) is 0 Å². The SMILES string of the molecule is CCN(CCO)c1ccc(NS(=O)(=O)c2ccc3ccccc3c2)cc1. The molecule has 3 aromatic rings. The average Bonchev–Trinajstić information content (AvgIpc) is 2.66. The molecular formula is C20H22N2O3S. The van der Waals surface area contributed by atoms with Gasteiger partial charge in [0.1, 0.15) is 0 Å². The summed E-state index contributed by atoms with van der Waals surface area (Å²) < 4.78 is 28.0. The van der Waals surface area contributed by atoms with E-state index in [0.29, 0.717) is 12.2 Å². The van der Waals surface area contributed by atoms with Crippen LogP contribution >= 0.6 is 0 Å². The van der Waals surface area contributed by atoms with Crippen molar-refractivity contribution in [2.75, 3.05) is 29.3 Å². The predicted octanol–water partition coefficient (Wildman–Crippen LogP) is 3.46. The number of fused-ring (bicyclic) bond motifs is 1. The lowest BCUT2D eigenvalue weighted by Gasteiger charge is -2.22. The lowest BCUT2D eigenvalue weighted by molar-refractivity contribution is 0.302. The molecule has 6 heteroatoms. The topological polar surface area (TPSA) is 69.6 Å². The minimum atomic E-state index is -3.66. The van der Waals surface area contributed by atoms with E-state index in [9.17, 15) is 8.42 Å². The fraction of sp³-hybridized carbons (Fsp3) is 0.200. The van der Waals surface area contributed by atoms with Crippen LogP contribution in [0.5, 0.6) is 0 Å². The number of hydrogen-bond acceptors (Lipinski definition) is 4. The zero-order chi connectivity index (χ0) is 18.6. The fourth-order valence-corrected chi connectivity index (χ4v) is 3.97.